The van der Waals surface area contributed by atoms with E-state index in [-0.39, 0.29) is 0 Å². The number of aliphatic hydroxyl groups is 1. The predicted molar refractivity (Wildman–Crippen MR) is 70.6 cm³/mol. The number of aliphatic hydroxyl groups excluding tert-OH is 1. The Morgan fingerprint density at radius 2 is 2.00 bits per heavy atom. The molecule has 0 aliphatic rings. The molecule has 90 valence electrons. The monoisotopic (exact) mass is 248 g/mol. The van der Waals surface area contributed by atoms with Gasteiger partial charge in [-0.25, -0.2) is 0 Å². The summed E-state index contributed by atoms with van der Waals surface area (Å²) in [7, 11) is 1.64. The number of aryl methyl sites for hydroxylation is 1. The molecule has 0 aliphatic heterocycles. The van der Waals surface area contributed by atoms with Crippen LogP contribution in [0.2, 0.25) is 0 Å². The third-order valence-corrected chi connectivity index (χ3v) is 3.52. The summed E-state index contributed by atoms with van der Waals surface area (Å²) in [5.41, 5.74) is 2.24. The van der Waals surface area contributed by atoms with Crippen LogP contribution < -0.4 is 4.74 Å². The Morgan fingerprint density at radius 3 is 2.59 bits per heavy atom. The quantitative estimate of drug-likeness (QED) is 0.878. The summed E-state index contributed by atoms with van der Waals surface area (Å²) in [6, 6.07) is 9.69. The van der Waals surface area contributed by atoms with Gasteiger partial charge in [0.15, 0.2) is 0 Å². The highest BCUT2D eigenvalue weighted by atomic mass is 32.1. The van der Waals surface area contributed by atoms with Crippen molar-refractivity contribution >= 4 is 11.3 Å². The van der Waals surface area contributed by atoms with Gasteiger partial charge in [0.1, 0.15) is 5.75 Å². The van der Waals surface area contributed by atoms with Crippen LogP contribution in [-0.4, -0.2) is 12.2 Å². The van der Waals surface area contributed by atoms with Gasteiger partial charge in [-0.05, 0) is 52.9 Å². The van der Waals surface area contributed by atoms with E-state index in [0.717, 1.165) is 24.2 Å². The molecule has 1 N–H and O–H groups in total. The maximum Gasteiger partial charge on any atom is 0.118 e. The highest BCUT2D eigenvalue weighted by Gasteiger charge is 2.07. The second kappa shape index (κ2) is 5.84. The van der Waals surface area contributed by atoms with Crippen molar-refractivity contribution in [2.45, 2.75) is 18.9 Å². The molecule has 0 fully saturated rings. The van der Waals surface area contributed by atoms with Crippen molar-refractivity contribution in [3.63, 3.8) is 0 Å². The molecular formula is C14H16O2S. The minimum atomic E-state index is -0.402. The molecule has 0 bridgehead atoms. The molecule has 2 rings (SSSR count). The predicted octanol–water partition coefficient (Wildman–Crippen LogP) is 3.42. The van der Waals surface area contributed by atoms with E-state index in [0.29, 0.717) is 0 Å². The third kappa shape index (κ3) is 3.32. The molecular weight excluding hydrogens is 232 g/mol. The molecule has 3 heteroatoms. The van der Waals surface area contributed by atoms with E-state index in [1.807, 2.05) is 24.3 Å². The summed E-state index contributed by atoms with van der Waals surface area (Å²) in [5.74, 6) is 0.818. The Hall–Kier alpha value is -1.32. The lowest BCUT2D eigenvalue weighted by Crippen LogP contribution is -1.99. The molecule has 0 radical (unpaired) electrons. The molecule has 0 amide bonds. The van der Waals surface area contributed by atoms with E-state index >= 15 is 0 Å². The maximum absolute atomic E-state index is 10.0. The van der Waals surface area contributed by atoms with Gasteiger partial charge in [0.05, 0.1) is 13.2 Å². The Bertz CT molecular complexity index is 434. The number of thiophene rings is 1. The molecule has 1 aromatic heterocycles. The molecule has 1 aromatic carbocycles. The largest absolute Gasteiger partial charge is 0.497 e. The van der Waals surface area contributed by atoms with Gasteiger partial charge < -0.3 is 9.84 Å². The zero-order valence-corrected chi connectivity index (χ0v) is 10.6. The van der Waals surface area contributed by atoms with Crippen molar-refractivity contribution in [3.05, 3.63) is 52.2 Å². The van der Waals surface area contributed by atoms with Crippen molar-refractivity contribution < 1.29 is 9.84 Å². The van der Waals surface area contributed by atoms with Crippen LogP contribution in [0.25, 0.3) is 0 Å². The van der Waals surface area contributed by atoms with Crippen LogP contribution in [0, 0.1) is 0 Å². The molecule has 0 saturated heterocycles. The van der Waals surface area contributed by atoms with E-state index in [9.17, 15) is 5.11 Å². The van der Waals surface area contributed by atoms with Gasteiger partial charge in [0.2, 0.25) is 0 Å². The normalized spacial score (nSPS) is 12.4. The second-order valence-electron chi connectivity index (χ2n) is 3.96. The van der Waals surface area contributed by atoms with Crippen molar-refractivity contribution in [2.75, 3.05) is 7.11 Å². The van der Waals surface area contributed by atoms with Crippen LogP contribution >= 0.6 is 11.3 Å². The number of benzene rings is 1. The second-order valence-corrected chi connectivity index (χ2v) is 4.74. The van der Waals surface area contributed by atoms with Crippen molar-refractivity contribution in [2.24, 2.45) is 0 Å². The molecule has 0 spiro atoms. The molecule has 1 heterocycles. The minimum absolute atomic E-state index is 0.402. The summed E-state index contributed by atoms with van der Waals surface area (Å²) in [6.45, 7) is 0. The summed E-state index contributed by atoms with van der Waals surface area (Å²) in [6.07, 6.45) is 1.26. The minimum Gasteiger partial charge on any atom is -0.497 e. The molecule has 0 aliphatic carbocycles. The van der Waals surface area contributed by atoms with Crippen LogP contribution in [0.15, 0.2) is 41.1 Å². The lowest BCUT2D eigenvalue weighted by atomic mass is 10.0. The average Bonchev–Trinajstić information content (AvgIpc) is 2.89. The van der Waals surface area contributed by atoms with Crippen molar-refractivity contribution in [3.8, 4) is 5.75 Å². The Labute approximate surface area is 105 Å². The standard InChI is InChI=1S/C14H16O2S/c1-16-13-5-3-12(4-6-13)14(15)7-2-11-8-9-17-10-11/h3-6,8-10,14-15H,2,7H2,1H3. The summed E-state index contributed by atoms with van der Waals surface area (Å²) >= 11 is 1.69. The van der Waals surface area contributed by atoms with E-state index in [4.69, 9.17) is 4.74 Å². The summed E-state index contributed by atoms with van der Waals surface area (Å²) in [5, 5.41) is 14.2. The summed E-state index contributed by atoms with van der Waals surface area (Å²) < 4.78 is 5.09. The van der Waals surface area contributed by atoms with Crippen LogP contribution in [0.5, 0.6) is 5.75 Å². The van der Waals surface area contributed by atoms with Gasteiger partial charge in [-0.1, -0.05) is 12.1 Å². The third-order valence-electron chi connectivity index (χ3n) is 2.79. The van der Waals surface area contributed by atoms with Gasteiger partial charge in [-0.2, -0.15) is 11.3 Å². The van der Waals surface area contributed by atoms with Crippen LogP contribution in [0.1, 0.15) is 23.7 Å². The number of ether oxygens (including phenoxy) is 1. The molecule has 17 heavy (non-hydrogen) atoms. The van der Waals surface area contributed by atoms with E-state index < -0.39 is 6.10 Å². The van der Waals surface area contributed by atoms with Gasteiger partial charge in [0, 0.05) is 0 Å². The van der Waals surface area contributed by atoms with Crippen LogP contribution in [0.4, 0.5) is 0 Å². The van der Waals surface area contributed by atoms with E-state index in [1.54, 1.807) is 18.4 Å². The van der Waals surface area contributed by atoms with Gasteiger partial charge in [-0.15, -0.1) is 0 Å². The Balaban J connectivity index is 1.92. The number of methoxy groups -OCH3 is 1. The number of rotatable bonds is 5. The Morgan fingerprint density at radius 1 is 1.24 bits per heavy atom. The number of hydrogen-bond donors (Lipinski definition) is 1. The molecule has 2 nitrogen and oxygen atoms in total. The van der Waals surface area contributed by atoms with Crippen LogP contribution in [0.3, 0.4) is 0 Å². The SMILES string of the molecule is COc1ccc(C(O)CCc2ccsc2)cc1. The highest BCUT2D eigenvalue weighted by Crippen LogP contribution is 2.22. The first-order valence-corrected chi connectivity index (χ1v) is 6.57. The zero-order chi connectivity index (χ0) is 12.1. The van der Waals surface area contributed by atoms with Crippen molar-refractivity contribution in [1.29, 1.82) is 0 Å². The van der Waals surface area contributed by atoms with Gasteiger partial charge >= 0.3 is 0 Å². The van der Waals surface area contributed by atoms with E-state index in [2.05, 4.69) is 16.8 Å². The molecule has 1 atom stereocenters. The maximum atomic E-state index is 10.0. The fraction of sp³-hybridized carbons (Fsp3) is 0.286. The van der Waals surface area contributed by atoms with E-state index in [1.165, 1.54) is 5.56 Å². The summed E-state index contributed by atoms with van der Waals surface area (Å²) in [4.78, 5) is 0. The Kier molecular flexibility index (Phi) is 4.18. The first kappa shape index (κ1) is 12.1. The fourth-order valence-electron chi connectivity index (χ4n) is 1.73. The topological polar surface area (TPSA) is 29.5 Å². The van der Waals surface area contributed by atoms with Crippen molar-refractivity contribution in [1.82, 2.24) is 0 Å². The lowest BCUT2D eigenvalue weighted by Gasteiger charge is -2.10. The first-order valence-electron chi connectivity index (χ1n) is 5.62. The molecule has 0 saturated carbocycles. The average molecular weight is 248 g/mol. The van der Waals surface area contributed by atoms with Gasteiger partial charge in [0.25, 0.3) is 0 Å². The molecule has 1 unspecified atom stereocenters. The highest BCUT2D eigenvalue weighted by molar-refractivity contribution is 7.07. The lowest BCUT2D eigenvalue weighted by molar-refractivity contribution is 0.168. The first-order chi connectivity index (χ1) is 8.29. The fourth-order valence-corrected chi connectivity index (χ4v) is 2.43. The zero-order valence-electron chi connectivity index (χ0n) is 9.80. The smallest absolute Gasteiger partial charge is 0.118 e. The molecule has 2 aromatic rings. The van der Waals surface area contributed by atoms with Crippen LogP contribution in [-0.2, 0) is 6.42 Å². The van der Waals surface area contributed by atoms with Gasteiger partial charge in [-0.3, -0.25) is 0 Å². The number of hydrogen-bond acceptors (Lipinski definition) is 3.